The Balaban J connectivity index is 2.46. The molecule has 0 radical (unpaired) electrons. The number of hydrogen-bond donors (Lipinski definition) is 0. The predicted molar refractivity (Wildman–Crippen MR) is 62.5 cm³/mol. The molecule has 0 aromatic heterocycles. The Morgan fingerprint density at radius 3 is 2.08 bits per heavy atom. The van der Waals surface area contributed by atoms with Crippen LogP contribution in [0.2, 0.25) is 0 Å². The van der Waals surface area contributed by atoms with E-state index < -0.39 is 0 Å². The van der Waals surface area contributed by atoms with E-state index in [4.69, 9.17) is 0 Å². The van der Waals surface area contributed by atoms with Crippen molar-refractivity contribution in [2.75, 3.05) is 25.0 Å². The van der Waals surface area contributed by atoms with Crippen LogP contribution in [0.3, 0.4) is 0 Å². The van der Waals surface area contributed by atoms with Crippen LogP contribution in [0.1, 0.15) is 39.5 Å². The fourth-order valence-corrected chi connectivity index (χ4v) is 3.12. The highest BCUT2D eigenvalue weighted by Gasteiger charge is 2.33. The molecule has 1 nitrogen and oxygen atoms in total. The molecule has 2 heteroatoms. The minimum absolute atomic E-state index is 0.603. The lowest BCUT2D eigenvalue weighted by atomic mass is 9.88. The maximum absolute atomic E-state index is 3.69. The monoisotopic (exact) mass is 247 g/mol. The number of rotatable bonds is 5. The maximum Gasteiger partial charge on any atom is 0.0100 e. The number of alkyl halides is 1. The Labute approximate surface area is 91.0 Å². The Bertz CT molecular complexity index is 137. The van der Waals surface area contributed by atoms with Crippen LogP contribution >= 0.6 is 15.9 Å². The molecule has 13 heavy (non-hydrogen) atoms. The van der Waals surface area contributed by atoms with Gasteiger partial charge in [-0.15, -0.1) is 0 Å². The zero-order valence-electron chi connectivity index (χ0n) is 8.98. The second kappa shape index (κ2) is 5.35. The third-order valence-electron chi connectivity index (χ3n) is 3.40. The SMILES string of the molecule is CCN(CC)CC1(CBr)CCCC1. The van der Waals surface area contributed by atoms with Crippen LogP contribution in [-0.2, 0) is 0 Å². The molecule has 0 N–H and O–H groups in total. The number of halogens is 1. The lowest BCUT2D eigenvalue weighted by Crippen LogP contribution is -2.37. The smallest absolute Gasteiger partial charge is 0.0100 e. The van der Waals surface area contributed by atoms with E-state index in [0.29, 0.717) is 5.41 Å². The molecule has 0 saturated heterocycles. The quantitative estimate of drug-likeness (QED) is 0.675. The van der Waals surface area contributed by atoms with Gasteiger partial charge in [0.1, 0.15) is 0 Å². The zero-order chi connectivity index (χ0) is 9.73. The Morgan fingerprint density at radius 1 is 1.15 bits per heavy atom. The largest absolute Gasteiger partial charge is 0.303 e. The van der Waals surface area contributed by atoms with Crippen molar-refractivity contribution in [1.82, 2.24) is 4.90 Å². The molecule has 0 aromatic rings. The molecular weight excluding hydrogens is 226 g/mol. The van der Waals surface area contributed by atoms with E-state index in [1.54, 1.807) is 0 Å². The fraction of sp³-hybridized carbons (Fsp3) is 1.00. The van der Waals surface area contributed by atoms with Crippen LogP contribution in [0.25, 0.3) is 0 Å². The average molecular weight is 248 g/mol. The second-order valence-corrected chi connectivity index (χ2v) is 4.86. The van der Waals surface area contributed by atoms with Crippen molar-refractivity contribution < 1.29 is 0 Å². The minimum atomic E-state index is 0.603. The summed E-state index contributed by atoms with van der Waals surface area (Å²) in [7, 11) is 0. The van der Waals surface area contributed by atoms with Gasteiger partial charge in [0.15, 0.2) is 0 Å². The summed E-state index contributed by atoms with van der Waals surface area (Å²) in [5.41, 5.74) is 0.603. The molecule has 1 fully saturated rings. The summed E-state index contributed by atoms with van der Waals surface area (Å²) >= 11 is 3.69. The van der Waals surface area contributed by atoms with E-state index in [0.717, 1.165) is 0 Å². The van der Waals surface area contributed by atoms with E-state index in [1.165, 1.54) is 50.6 Å². The molecule has 1 aliphatic carbocycles. The van der Waals surface area contributed by atoms with Crippen molar-refractivity contribution >= 4 is 15.9 Å². The highest BCUT2D eigenvalue weighted by atomic mass is 79.9. The van der Waals surface area contributed by atoms with Crippen molar-refractivity contribution in [2.45, 2.75) is 39.5 Å². The van der Waals surface area contributed by atoms with E-state index in [1.807, 2.05) is 0 Å². The molecule has 0 amide bonds. The predicted octanol–water partition coefficient (Wildman–Crippen LogP) is 3.28. The standard InChI is InChI=1S/C11H22BrN/c1-3-13(4-2)10-11(9-12)7-5-6-8-11/h3-10H2,1-2H3. The first-order valence-electron chi connectivity index (χ1n) is 5.54. The first kappa shape index (κ1) is 11.5. The van der Waals surface area contributed by atoms with Crippen molar-refractivity contribution in [1.29, 1.82) is 0 Å². The van der Waals surface area contributed by atoms with Crippen molar-refractivity contribution in [3.05, 3.63) is 0 Å². The van der Waals surface area contributed by atoms with Gasteiger partial charge in [-0.1, -0.05) is 42.6 Å². The molecule has 78 valence electrons. The van der Waals surface area contributed by atoms with Crippen LogP contribution in [0.5, 0.6) is 0 Å². The van der Waals surface area contributed by atoms with Crippen molar-refractivity contribution in [3.8, 4) is 0 Å². The lowest BCUT2D eigenvalue weighted by Gasteiger charge is -2.32. The van der Waals surface area contributed by atoms with Crippen molar-refractivity contribution in [3.63, 3.8) is 0 Å². The molecule has 0 aliphatic heterocycles. The molecule has 1 aliphatic rings. The fourth-order valence-electron chi connectivity index (χ4n) is 2.38. The van der Waals surface area contributed by atoms with Gasteiger partial charge in [-0.25, -0.2) is 0 Å². The van der Waals surface area contributed by atoms with Crippen LogP contribution in [0.4, 0.5) is 0 Å². The summed E-state index contributed by atoms with van der Waals surface area (Å²) in [5, 5.41) is 1.19. The molecule has 1 saturated carbocycles. The lowest BCUT2D eigenvalue weighted by molar-refractivity contribution is 0.186. The van der Waals surface area contributed by atoms with Gasteiger partial charge in [0, 0.05) is 11.9 Å². The van der Waals surface area contributed by atoms with Gasteiger partial charge in [-0.3, -0.25) is 0 Å². The van der Waals surface area contributed by atoms with Gasteiger partial charge < -0.3 is 4.90 Å². The molecule has 0 unspecified atom stereocenters. The van der Waals surface area contributed by atoms with Crippen LogP contribution in [0, 0.1) is 5.41 Å². The van der Waals surface area contributed by atoms with Gasteiger partial charge in [0.05, 0.1) is 0 Å². The zero-order valence-corrected chi connectivity index (χ0v) is 10.6. The molecule has 1 rings (SSSR count). The molecule has 0 spiro atoms. The van der Waals surface area contributed by atoms with E-state index in [2.05, 4.69) is 34.7 Å². The van der Waals surface area contributed by atoms with Gasteiger partial charge >= 0.3 is 0 Å². The summed E-state index contributed by atoms with van der Waals surface area (Å²) in [6, 6.07) is 0. The summed E-state index contributed by atoms with van der Waals surface area (Å²) in [6.45, 7) is 8.22. The topological polar surface area (TPSA) is 3.24 Å². The van der Waals surface area contributed by atoms with Gasteiger partial charge in [0.2, 0.25) is 0 Å². The number of nitrogens with zero attached hydrogens (tertiary/aromatic N) is 1. The minimum Gasteiger partial charge on any atom is -0.303 e. The van der Waals surface area contributed by atoms with Crippen LogP contribution in [0.15, 0.2) is 0 Å². The highest BCUT2D eigenvalue weighted by molar-refractivity contribution is 9.09. The van der Waals surface area contributed by atoms with Crippen molar-refractivity contribution in [2.24, 2.45) is 5.41 Å². The first-order chi connectivity index (χ1) is 6.26. The molecular formula is C11H22BrN. The van der Waals surface area contributed by atoms with Crippen LogP contribution < -0.4 is 0 Å². The normalized spacial score (nSPS) is 21.2. The highest BCUT2D eigenvalue weighted by Crippen LogP contribution is 2.40. The third-order valence-corrected chi connectivity index (χ3v) is 4.59. The molecule has 0 bridgehead atoms. The van der Waals surface area contributed by atoms with E-state index in [-0.39, 0.29) is 0 Å². The Kier molecular flexibility index (Phi) is 4.74. The first-order valence-corrected chi connectivity index (χ1v) is 6.67. The summed E-state index contributed by atoms with van der Waals surface area (Å²) in [4.78, 5) is 2.56. The van der Waals surface area contributed by atoms with E-state index >= 15 is 0 Å². The summed E-state index contributed by atoms with van der Waals surface area (Å²) in [6.07, 6.45) is 5.73. The molecule has 0 heterocycles. The van der Waals surface area contributed by atoms with Gasteiger partial charge in [-0.2, -0.15) is 0 Å². The molecule has 0 aromatic carbocycles. The van der Waals surface area contributed by atoms with E-state index in [9.17, 15) is 0 Å². The van der Waals surface area contributed by atoms with Crippen LogP contribution in [-0.4, -0.2) is 29.9 Å². The van der Waals surface area contributed by atoms with Gasteiger partial charge in [-0.05, 0) is 31.3 Å². The van der Waals surface area contributed by atoms with Gasteiger partial charge in [0.25, 0.3) is 0 Å². The summed E-state index contributed by atoms with van der Waals surface area (Å²) in [5.74, 6) is 0. The molecule has 0 atom stereocenters. The number of hydrogen-bond acceptors (Lipinski definition) is 1. The summed E-state index contributed by atoms with van der Waals surface area (Å²) < 4.78 is 0. The maximum atomic E-state index is 3.69. The third kappa shape index (κ3) is 2.95. The Hall–Kier alpha value is 0.440. The average Bonchev–Trinajstić information content (AvgIpc) is 2.63. The second-order valence-electron chi connectivity index (χ2n) is 4.30. The Morgan fingerprint density at radius 2 is 1.69 bits per heavy atom.